The van der Waals surface area contributed by atoms with E-state index in [9.17, 15) is 9.90 Å². The molecule has 3 saturated carbocycles. The number of hydrogen-bond donors (Lipinski definition) is 2. The normalized spacial score (nSPS) is 43.4. The SMILES string of the molecule is O=C(O)C1CCc2sc(NC3C4C5CCC(C5)C34)nc21. The van der Waals surface area contributed by atoms with E-state index in [0.29, 0.717) is 6.04 Å². The maximum atomic E-state index is 11.2. The second kappa shape index (κ2) is 3.75. The third kappa shape index (κ3) is 1.42. The zero-order chi connectivity index (χ0) is 13.4. The highest BCUT2D eigenvalue weighted by Crippen LogP contribution is 2.66. The van der Waals surface area contributed by atoms with Crippen LogP contribution in [0, 0.1) is 23.7 Å². The molecule has 3 fully saturated rings. The number of anilines is 1. The molecule has 5 atom stereocenters. The Morgan fingerprint density at radius 3 is 2.70 bits per heavy atom. The van der Waals surface area contributed by atoms with Crippen LogP contribution >= 0.6 is 11.3 Å². The molecule has 0 spiro atoms. The molecular formula is C15H18N2O2S. The number of fused-ring (bicyclic) bond motifs is 6. The summed E-state index contributed by atoms with van der Waals surface area (Å²) in [6, 6.07) is 0.635. The number of nitrogens with one attached hydrogen (secondary N) is 1. The Hall–Kier alpha value is -1.10. The number of carboxylic acid groups (broad SMARTS) is 1. The molecule has 4 nitrogen and oxygen atoms in total. The standard InChI is InChI=1S/C15H18N2O2S/c18-14(19)8-3-4-9-12(8)16-15(20-9)17-13-10-6-1-2-7(5-6)11(10)13/h6-8,10-11,13H,1-5H2,(H,16,17)(H,18,19). The number of carbonyl (C=O) groups is 1. The molecule has 5 heteroatoms. The molecule has 1 heterocycles. The Labute approximate surface area is 121 Å². The number of aliphatic carboxylic acids is 1. The van der Waals surface area contributed by atoms with Crippen molar-refractivity contribution < 1.29 is 9.90 Å². The zero-order valence-electron chi connectivity index (χ0n) is 11.2. The second-order valence-corrected chi connectivity index (χ2v) is 8.00. The van der Waals surface area contributed by atoms with Gasteiger partial charge in [-0.3, -0.25) is 4.79 Å². The van der Waals surface area contributed by atoms with E-state index in [1.165, 1.54) is 24.1 Å². The number of aryl methyl sites for hydroxylation is 1. The van der Waals surface area contributed by atoms with Gasteiger partial charge in [0.25, 0.3) is 0 Å². The minimum absolute atomic E-state index is 0.369. The summed E-state index contributed by atoms with van der Waals surface area (Å²) in [6.45, 7) is 0. The molecule has 20 heavy (non-hydrogen) atoms. The van der Waals surface area contributed by atoms with Crippen LogP contribution < -0.4 is 5.32 Å². The van der Waals surface area contributed by atoms with E-state index >= 15 is 0 Å². The van der Waals surface area contributed by atoms with Gasteiger partial charge < -0.3 is 10.4 Å². The van der Waals surface area contributed by atoms with Gasteiger partial charge in [0.05, 0.1) is 5.69 Å². The third-order valence-electron chi connectivity index (χ3n) is 6.04. The van der Waals surface area contributed by atoms with Gasteiger partial charge in [0.2, 0.25) is 0 Å². The van der Waals surface area contributed by atoms with Gasteiger partial charge in [0.1, 0.15) is 5.92 Å². The molecule has 5 unspecified atom stereocenters. The van der Waals surface area contributed by atoms with Crippen LogP contribution in [0.4, 0.5) is 5.13 Å². The van der Waals surface area contributed by atoms with E-state index in [4.69, 9.17) is 0 Å². The lowest BCUT2D eigenvalue weighted by Gasteiger charge is -2.09. The minimum Gasteiger partial charge on any atom is -0.481 e. The Morgan fingerprint density at radius 2 is 2.00 bits per heavy atom. The van der Waals surface area contributed by atoms with Crippen LogP contribution in [0.25, 0.3) is 0 Å². The molecular weight excluding hydrogens is 272 g/mol. The summed E-state index contributed by atoms with van der Waals surface area (Å²) in [5, 5.41) is 13.8. The Bertz CT molecular complexity index is 583. The van der Waals surface area contributed by atoms with Crippen LogP contribution in [0.2, 0.25) is 0 Å². The monoisotopic (exact) mass is 290 g/mol. The lowest BCUT2D eigenvalue weighted by atomic mass is 10.0. The van der Waals surface area contributed by atoms with Gasteiger partial charge in [-0.2, -0.15) is 0 Å². The molecule has 1 aromatic heterocycles. The van der Waals surface area contributed by atoms with Gasteiger partial charge in [-0.15, -0.1) is 11.3 Å². The predicted molar refractivity (Wildman–Crippen MR) is 76.0 cm³/mol. The maximum Gasteiger partial charge on any atom is 0.312 e. The molecule has 4 aliphatic carbocycles. The first-order valence-electron chi connectivity index (χ1n) is 7.71. The van der Waals surface area contributed by atoms with Crippen molar-refractivity contribution in [3.63, 3.8) is 0 Å². The smallest absolute Gasteiger partial charge is 0.312 e. The van der Waals surface area contributed by atoms with Crippen LogP contribution in [-0.2, 0) is 11.2 Å². The Kier molecular flexibility index (Phi) is 2.17. The van der Waals surface area contributed by atoms with Gasteiger partial charge >= 0.3 is 5.97 Å². The van der Waals surface area contributed by atoms with E-state index in [1.807, 2.05) is 0 Å². The van der Waals surface area contributed by atoms with Crippen molar-refractivity contribution in [3.05, 3.63) is 10.6 Å². The van der Waals surface area contributed by atoms with Gasteiger partial charge in [-0.05, 0) is 55.8 Å². The molecule has 0 saturated heterocycles. The van der Waals surface area contributed by atoms with Gasteiger partial charge in [-0.1, -0.05) is 0 Å². The van der Waals surface area contributed by atoms with Gasteiger partial charge in [-0.25, -0.2) is 4.98 Å². The quantitative estimate of drug-likeness (QED) is 0.898. The van der Waals surface area contributed by atoms with Crippen LogP contribution in [0.5, 0.6) is 0 Å². The lowest BCUT2D eigenvalue weighted by Crippen LogP contribution is -2.13. The highest BCUT2D eigenvalue weighted by atomic mass is 32.1. The van der Waals surface area contributed by atoms with Crippen molar-refractivity contribution in [1.29, 1.82) is 0 Å². The summed E-state index contributed by atoms with van der Waals surface area (Å²) < 4.78 is 0. The van der Waals surface area contributed by atoms with Crippen molar-refractivity contribution in [2.45, 2.75) is 44.1 Å². The van der Waals surface area contributed by atoms with E-state index in [0.717, 1.165) is 47.3 Å². The maximum absolute atomic E-state index is 11.2. The number of nitrogens with zero attached hydrogens (tertiary/aromatic N) is 1. The molecule has 1 aromatic rings. The van der Waals surface area contributed by atoms with Crippen LogP contribution in [-0.4, -0.2) is 22.1 Å². The summed E-state index contributed by atoms with van der Waals surface area (Å²) in [4.78, 5) is 17.0. The van der Waals surface area contributed by atoms with Crippen molar-refractivity contribution in [2.75, 3.05) is 5.32 Å². The van der Waals surface area contributed by atoms with E-state index in [-0.39, 0.29) is 5.92 Å². The first-order chi connectivity index (χ1) is 9.72. The Balaban J connectivity index is 1.35. The average Bonchev–Trinajstić information content (AvgIpc) is 2.87. The van der Waals surface area contributed by atoms with Crippen LogP contribution in [0.15, 0.2) is 0 Å². The average molecular weight is 290 g/mol. The molecule has 5 rings (SSSR count). The number of rotatable bonds is 3. The van der Waals surface area contributed by atoms with Crippen LogP contribution in [0.1, 0.15) is 42.2 Å². The number of hydrogen-bond acceptors (Lipinski definition) is 4. The van der Waals surface area contributed by atoms with Gasteiger partial charge in [0, 0.05) is 10.9 Å². The summed E-state index contributed by atoms with van der Waals surface area (Å²) in [6.07, 6.45) is 5.93. The van der Waals surface area contributed by atoms with Gasteiger partial charge in [0.15, 0.2) is 5.13 Å². The highest BCUT2D eigenvalue weighted by molar-refractivity contribution is 7.15. The molecule has 4 aliphatic rings. The van der Waals surface area contributed by atoms with Crippen molar-refractivity contribution >= 4 is 22.4 Å². The van der Waals surface area contributed by atoms with E-state index in [1.54, 1.807) is 11.3 Å². The number of carboxylic acids is 1. The van der Waals surface area contributed by atoms with E-state index < -0.39 is 5.97 Å². The fourth-order valence-corrected chi connectivity index (χ4v) is 6.28. The zero-order valence-corrected chi connectivity index (χ0v) is 12.0. The fourth-order valence-electron chi connectivity index (χ4n) is 5.19. The Morgan fingerprint density at radius 1 is 1.25 bits per heavy atom. The summed E-state index contributed by atoms with van der Waals surface area (Å²) in [7, 11) is 0. The topological polar surface area (TPSA) is 62.2 Å². The first-order valence-corrected chi connectivity index (χ1v) is 8.53. The predicted octanol–water partition coefficient (Wildman–Crippen LogP) is 2.71. The van der Waals surface area contributed by atoms with Crippen molar-refractivity contribution in [1.82, 2.24) is 4.98 Å². The molecule has 2 N–H and O–H groups in total. The first kappa shape index (κ1) is 11.5. The molecule has 0 radical (unpaired) electrons. The van der Waals surface area contributed by atoms with Crippen molar-refractivity contribution in [2.24, 2.45) is 23.7 Å². The molecule has 0 amide bonds. The summed E-state index contributed by atoms with van der Waals surface area (Å²) in [5.74, 6) is 2.61. The van der Waals surface area contributed by atoms with Crippen LogP contribution in [0.3, 0.4) is 0 Å². The summed E-state index contributed by atoms with van der Waals surface area (Å²) in [5.41, 5.74) is 0.832. The highest BCUT2D eigenvalue weighted by Gasteiger charge is 2.65. The fraction of sp³-hybridized carbons (Fsp3) is 0.733. The third-order valence-corrected chi connectivity index (χ3v) is 7.10. The molecule has 106 valence electrons. The molecule has 0 aliphatic heterocycles. The second-order valence-electron chi connectivity index (χ2n) is 6.91. The summed E-state index contributed by atoms with van der Waals surface area (Å²) >= 11 is 1.69. The van der Waals surface area contributed by atoms with E-state index in [2.05, 4.69) is 10.3 Å². The minimum atomic E-state index is -0.720. The van der Waals surface area contributed by atoms with Crippen molar-refractivity contribution in [3.8, 4) is 0 Å². The number of aromatic nitrogens is 1. The lowest BCUT2D eigenvalue weighted by molar-refractivity contribution is -0.138. The molecule has 0 aromatic carbocycles. The molecule has 2 bridgehead atoms. The number of thiazole rings is 1. The largest absolute Gasteiger partial charge is 0.481 e.